The summed E-state index contributed by atoms with van der Waals surface area (Å²) >= 11 is 0.986. The van der Waals surface area contributed by atoms with Gasteiger partial charge in [0.1, 0.15) is 0 Å². The number of rotatable bonds is 7. The average molecular weight is 545 g/mol. The van der Waals surface area contributed by atoms with Crippen molar-refractivity contribution in [2.45, 2.75) is 59.0 Å². The molecule has 1 unspecified atom stereocenters. The number of fused-ring (bicyclic) bond motifs is 1. The zero-order valence-corrected chi connectivity index (χ0v) is 22.1. The third kappa shape index (κ3) is 5.93. The number of aromatic nitrogens is 1. The minimum atomic E-state index is -4.90. The largest absolute Gasteiger partial charge is 0.459 e. The molecule has 1 atom stereocenters. The Morgan fingerprint density at radius 1 is 1.16 bits per heavy atom. The summed E-state index contributed by atoms with van der Waals surface area (Å²) in [7, 11) is 0. The van der Waals surface area contributed by atoms with Crippen LogP contribution in [-0.2, 0) is 20.9 Å². The number of pyridine rings is 1. The molecule has 1 amide bonds. The van der Waals surface area contributed by atoms with Gasteiger partial charge < -0.3 is 15.0 Å². The lowest BCUT2D eigenvalue weighted by Gasteiger charge is -2.37. The highest BCUT2D eigenvalue weighted by Crippen LogP contribution is 2.48. The number of hydrogen-bond donors (Lipinski definition) is 1. The quantitative estimate of drug-likeness (QED) is 0.465. The highest BCUT2D eigenvalue weighted by Gasteiger charge is 2.49. The van der Waals surface area contributed by atoms with Gasteiger partial charge in [-0.25, -0.2) is 9.79 Å². The van der Waals surface area contributed by atoms with E-state index >= 15 is 0 Å². The number of aryl methyl sites for hydroxylation is 2. The Hall–Kier alpha value is -3.60. The van der Waals surface area contributed by atoms with Crippen LogP contribution in [0.25, 0.3) is 0 Å². The van der Waals surface area contributed by atoms with E-state index in [2.05, 4.69) is 15.3 Å². The molecule has 7 nitrogen and oxygen atoms in total. The number of allylic oxidation sites excluding steroid dienone is 1. The van der Waals surface area contributed by atoms with Crippen molar-refractivity contribution in [1.29, 1.82) is 0 Å². The molecule has 4 rings (SSSR count). The molecule has 0 saturated carbocycles. The number of amidine groups is 1. The summed E-state index contributed by atoms with van der Waals surface area (Å²) in [6, 6.07) is 7.76. The summed E-state index contributed by atoms with van der Waals surface area (Å²) in [5, 5.41) is 4.47. The Labute approximate surface area is 222 Å². The van der Waals surface area contributed by atoms with Gasteiger partial charge in [-0.2, -0.15) is 13.2 Å². The Morgan fingerprint density at radius 3 is 2.53 bits per heavy atom. The van der Waals surface area contributed by atoms with Crippen molar-refractivity contribution in [3.05, 3.63) is 87.4 Å². The Morgan fingerprint density at radius 2 is 1.87 bits per heavy atom. The highest BCUT2D eigenvalue weighted by molar-refractivity contribution is 8.16. The number of ether oxygens (including phenoxy) is 1. The van der Waals surface area contributed by atoms with Crippen LogP contribution in [0.15, 0.2) is 70.1 Å². The van der Waals surface area contributed by atoms with E-state index in [0.29, 0.717) is 16.8 Å². The van der Waals surface area contributed by atoms with Crippen molar-refractivity contribution in [2.75, 3.05) is 0 Å². The van der Waals surface area contributed by atoms with Gasteiger partial charge in [0.2, 0.25) is 5.91 Å². The number of nitrogens with zero attached hydrogens (tertiary/aromatic N) is 3. The molecule has 2 aliphatic rings. The molecular formula is C27H27F3N4O3S. The first-order valence-electron chi connectivity index (χ1n) is 11.9. The van der Waals surface area contributed by atoms with Crippen molar-refractivity contribution >= 4 is 28.8 Å². The maximum Gasteiger partial charge on any atom is 0.434 e. The van der Waals surface area contributed by atoms with Gasteiger partial charge in [-0.1, -0.05) is 35.5 Å². The smallest absolute Gasteiger partial charge is 0.434 e. The fourth-order valence-corrected chi connectivity index (χ4v) is 5.15. The first kappa shape index (κ1) is 27.4. The summed E-state index contributed by atoms with van der Waals surface area (Å²) in [6.07, 6.45) is -2.43. The van der Waals surface area contributed by atoms with Gasteiger partial charge in [-0.15, -0.1) is 0 Å². The molecule has 200 valence electrons. The monoisotopic (exact) mass is 544 g/mol. The molecule has 38 heavy (non-hydrogen) atoms. The van der Waals surface area contributed by atoms with Crippen LogP contribution in [0.4, 0.5) is 13.2 Å². The number of benzene rings is 1. The van der Waals surface area contributed by atoms with E-state index in [-0.39, 0.29) is 24.0 Å². The molecule has 0 bridgehead atoms. The van der Waals surface area contributed by atoms with Crippen LogP contribution >= 0.6 is 11.8 Å². The SMILES string of the molecule is Cc1ccc(C)c(C2C(C(=O)OC(C)C)=C(C(F)(F)F)N=C3SC=C(CC(=O)NCc4ccncc4)N32)c1. The van der Waals surface area contributed by atoms with E-state index in [0.717, 1.165) is 22.9 Å². The molecule has 0 aliphatic carbocycles. The minimum Gasteiger partial charge on any atom is -0.459 e. The number of esters is 1. The Kier molecular flexibility index (Phi) is 7.96. The van der Waals surface area contributed by atoms with E-state index in [9.17, 15) is 22.8 Å². The molecule has 0 spiro atoms. The Balaban J connectivity index is 1.75. The van der Waals surface area contributed by atoms with Gasteiger partial charge in [0.15, 0.2) is 10.9 Å². The number of aliphatic imine (C=N–C) groups is 1. The van der Waals surface area contributed by atoms with Gasteiger partial charge >= 0.3 is 12.1 Å². The molecular weight excluding hydrogens is 517 g/mol. The number of amides is 1. The summed E-state index contributed by atoms with van der Waals surface area (Å²) < 4.78 is 48.2. The number of thioether (sulfide) groups is 1. The van der Waals surface area contributed by atoms with Crippen molar-refractivity contribution in [1.82, 2.24) is 15.2 Å². The maximum absolute atomic E-state index is 14.3. The van der Waals surface area contributed by atoms with Crippen LogP contribution in [0.3, 0.4) is 0 Å². The van der Waals surface area contributed by atoms with Crippen molar-refractivity contribution in [3.63, 3.8) is 0 Å². The van der Waals surface area contributed by atoms with Crippen molar-refractivity contribution in [3.8, 4) is 0 Å². The molecule has 11 heteroatoms. The number of carbonyl (C=O) groups is 2. The molecule has 2 aliphatic heterocycles. The summed E-state index contributed by atoms with van der Waals surface area (Å²) in [6.45, 7) is 7.00. The molecule has 0 saturated heterocycles. The lowest BCUT2D eigenvalue weighted by molar-refractivity contribution is -0.145. The second kappa shape index (κ2) is 11.0. The minimum absolute atomic E-state index is 0.0428. The molecule has 2 aromatic rings. The molecule has 0 fully saturated rings. The number of carbonyl (C=O) groups excluding carboxylic acids is 2. The summed E-state index contributed by atoms with van der Waals surface area (Å²) in [5.74, 6) is -1.43. The van der Waals surface area contributed by atoms with E-state index in [1.54, 1.807) is 67.7 Å². The fraction of sp³-hybridized carbons (Fsp3) is 0.333. The standard InChI is InChI=1S/C27H27F3N4O3S/c1-15(2)37-25(36)22-23(20-11-16(3)5-6-17(20)4)34-19(14-38-26(34)33-24(22)27(28,29)30)12-21(35)32-13-18-7-9-31-10-8-18/h5-11,14-15,23H,12-13H2,1-4H3,(H,32,35). The normalized spacial score (nSPS) is 17.3. The molecule has 1 aromatic heterocycles. The third-order valence-corrected chi connectivity index (χ3v) is 6.84. The van der Waals surface area contributed by atoms with Crippen LogP contribution in [0.1, 0.15) is 48.6 Å². The molecule has 0 radical (unpaired) electrons. The van der Waals surface area contributed by atoms with Gasteiger partial charge in [0.25, 0.3) is 0 Å². The van der Waals surface area contributed by atoms with E-state index in [4.69, 9.17) is 4.74 Å². The number of nitrogens with one attached hydrogen (secondary N) is 1. The molecule has 1 aromatic carbocycles. The molecule has 3 heterocycles. The van der Waals surface area contributed by atoms with Crippen LogP contribution in [0.2, 0.25) is 0 Å². The number of alkyl halides is 3. The predicted molar refractivity (Wildman–Crippen MR) is 139 cm³/mol. The average Bonchev–Trinajstić information content (AvgIpc) is 3.25. The van der Waals surface area contributed by atoms with Crippen molar-refractivity contribution < 1.29 is 27.5 Å². The van der Waals surface area contributed by atoms with Crippen LogP contribution in [0, 0.1) is 13.8 Å². The van der Waals surface area contributed by atoms with Gasteiger partial charge in [0.05, 0.1) is 24.1 Å². The second-order valence-corrected chi connectivity index (χ2v) is 10.1. The topological polar surface area (TPSA) is 83.9 Å². The first-order chi connectivity index (χ1) is 18.0. The van der Waals surface area contributed by atoms with Gasteiger partial charge in [0, 0.05) is 24.6 Å². The highest BCUT2D eigenvalue weighted by atomic mass is 32.2. The van der Waals surface area contributed by atoms with E-state index in [1.165, 1.54) is 0 Å². The van der Waals surface area contributed by atoms with Crippen LogP contribution in [-0.4, -0.2) is 39.2 Å². The fourth-order valence-electron chi connectivity index (χ4n) is 4.23. The maximum atomic E-state index is 14.3. The van der Waals surface area contributed by atoms with Crippen molar-refractivity contribution in [2.24, 2.45) is 4.99 Å². The zero-order valence-electron chi connectivity index (χ0n) is 21.3. The van der Waals surface area contributed by atoms with Crippen LogP contribution in [0.5, 0.6) is 0 Å². The van der Waals surface area contributed by atoms with E-state index < -0.39 is 35.6 Å². The summed E-state index contributed by atoms with van der Waals surface area (Å²) in [5.41, 5.74) is 1.40. The predicted octanol–water partition coefficient (Wildman–Crippen LogP) is 5.47. The lowest BCUT2D eigenvalue weighted by atomic mass is 9.89. The zero-order chi connectivity index (χ0) is 27.6. The number of halogens is 3. The molecule has 1 N–H and O–H groups in total. The first-order valence-corrected chi connectivity index (χ1v) is 12.8. The number of hydrogen-bond acceptors (Lipinski definition) is 7. The Bertz CT molecular complexity index is 1340. The lowest BCUT2D eigenvalue weighted by Crippen LogP contribution is -2.40. The van der Waals surface area contributed by atoms with Gasteiger partial charge in [-0.3, -0.25) is 9.78 Å². The van der Waals surface area contributed by atoms with Gasteiger partial charge in [-0.05, 0) is 61.9 Å². The van der Waals surface area contributed by atoms with Crippen LogP contribution < -0.4 is 5.32 Å². The van der Waals surface area contributed by atoms with E-state index in [1.807, 2.05) is 13.0 Å². The summed E-state index contributed by atoms with van der Waals surface area (Å²) in [4.78, 5) is 35.5. The third-order valence-electron chi connectivity index (χ3n) is 5.95. The second-order valence-electron chi connectivity index (χ2n) is 9.28.